The molecule has 0 radical (unpaired) electrons. The Kier molecular flexibility index (Phi) is 4.71. The molecule has 32 heavy (non-hydrogen) atoms. The molecule has 5 rings (SSSR count). The molecule has 0 aliphatic carbocycles. The highest BCUT2D eigenvalue weighted by Crippen LogP contribution is 2.44. The van der Waals surface area contributed by atoms with Crippen molar-refractivity contribution in [2.24, 2.45) is 5.73 Å². The highest BCUT2D eigenvalue weighted by Gasteiger charge is 2.34. The second-order valence-corrected chi connectivity index (χ2v) is 7.36. The van der Waals surface area contributed by atoms with Crippen LogP contribution in [0.15, 0.2) is 70.5 Å². The van der Waals surface area contributed by atoms with Crippen molar-refractivity contribution in [3.8, 4) is 29.1 Å². The average Bonchev–Trinajstić information content (AvgIpc) is 3.23. The van der Waals surface area contributed by atoms with Gasteiger partial charge in [0.25, 0.3) is 0 Å². The van der Waals surface area contributed by atoms with Crippen LogP contribution < -0.4 is 24.7 Å². The summed E-state index contributed by atoms with van der Waals surface area (Å²) in [4.78, 5) is 12.6. The molecule has 1 aromatic heterocycles. The van der Waals surface area contributed by atoms with Crippen molar-refractivity contribution < 1.29 is 28.2 Å². The molecule has 2 unspecified atom stereocenters. The third kappa shape index (κ3) is 3.40. The molecule has 0 fully saturated rings. The van der Waals surface area contributed by atoms with Crippen molar-refractivity contribution in [3.05, 3.63) is 83.1 Å². The van der Waals surface area contributed by atoms with Gasteiger partial charge in [-0.15, -0.1) is 0 Å². The third-order valence-electron chi connectivity index (χ3n) is 5.23. The maximum atomic E-state index is 12.6. The van der Waals surface area contributed by atoms with Crippen molar-refractivity contribution in [1.29, 1.82) is 5.26 Å². The summed E-state index contributed by atoms with van der Waals surface area (Å²) in [6, 6.07) is 17.7. The fourth-order valence-corrected chi connectivity index (χ4v) is 3.72. The quantitative estimate of drug-likeness (QED) is 0.495. The number of nitrogens with zero attached hydrogens (tertiary/aromatic N) is 1. The molecule has 8 heteroatoms. The molecule has 0 saturated carbocycles. The first-order valence-corrected chi connectivity index (χ1v) is 9.91. The summed E-state index contributed by atoms with van der Waals surface area (Å²) in [5.41, 5.74) is 6.93. The van der Waals surface area contributed by atoms with E-state index in [-0.39, 0.29) is 23.8 Å². The largest absolute Gasteiger partial charge is 0.485 e. The first-order chi connectivity index (χ1) is 15.5. The monoisotopic (exact) mass is 430 g/mol. The molecular weight excluding hydrogens is 412 g/mol. The number of carbonyl (C=O) groups is 1. The lowest BCUT2D eigenvalue weighted by molar-refractivity contribution is -0.144. The van der Waals surface area contributed by atoms with Crippen LogP contribution in [-0.4, -0.2) is 18.7 Å². The summed E-state index contributed by atoms with van der Waals surface area (Å²) in [6.45, 7) is 1.86. The summed E-state index contributed by atoms with van der Waals surface area (Å²) in [7, 11) is 0. The first-order valence-electron chi connectivity index (χ1n) is 9.91. The van der Waals surface area contributed by atoms with E-state index in [1.165, 1.54) is 0 Å². The second-order valence-electron chi connectivity index (χ2n) is 7.36. The lowest BCUT2D eigenvalue weighted by atomic mass is 9.87. The standard InChI is InChI=1S/C24H18N2O6/c1-13-6-9-19(29-13)22-15-8-7-14(10-20(15)32-23(26)16(22)11-25)30-24(27)21-12-28-17-4-2-3-5-18(17)31-21/h2-10,21-22H,12,26H2,1H3. The fraction of sp³-hybridized carbons (Fsp3) is 0.167. The number of benzene rings is 2. The molecule has 2 aromatic carbocycles. The van der Waals surface area contributed by atoms with E-state index in [0.29, 0.717) is 34.3 Å². The smallest absolute Gasteiger partial charge is 0.356 e. The van der Waals surface area contributed by atoms with Crippen LogP contribution in [0.2, 0.25) is 0 Å². The van der Waals surface area contributed by atoms with Crippen LogP contribution in [0.4, 0.5) is 0 Å². The molecule has 2 aliphatic heterocycles. The zero-order valence-electron chi connectivity index (χ0n) is 17.0. The van der Waals surface area contributed by atoms with Gasteiger partial charge in [-0.05, 0) is 37.3 Å². The maximum Gasteiger partial charge on any atom is 0.356 e. The van der Waals surface area contributed by atoms with E-state index in [4.69, 9.17) is 29.1 Å². The summed E-state index contributed by atoms with van der Waals surface area (Å²) in [5, 5.41) is 9.61. The van der Waals surface area contributed by atoms with Crippen molar-refractivity contribution >= 4 is 5.97 Å². The van der Waals surface area contributed by atoms with Crippen LogP contribution >= 0.6 is 0 Å². The molecule has 0 bridgehead atoms. The number of carbonyl (C=O) groups excluding carboxylic acids is 1. The van der Waals surface area contributed by atoms with Crippen LogP contribution in [0.3, 0.4) is 0 Å². The number of esters is 1. The third-order valence-corrected chi connectivity index (χ3v) is 5.23. The molecule has 0 amide bonds. The van der Waals surface area contributed by atoms with Gasteiger partial charge >= 0.3 is 5.97 Å². The number of aryl methyl sites for hydroxylation is 1. The van der Waals surface area contributed by atoms with E-state index in [2.05, 4.69) is 6.07 Å². The minimum absolute atomic E-state index is 0.0249. The minimum atomic E-state index is -0.907. The summed E-state index contributed by atoms with van der Waals surface area (Å²) in [6.07, 6.45) is -0.907. The summed E-state index contributed by atoms with van der Waals surface area (Å²) in [5.74, 6) is 1.82. The minimum Gasteiger partial charge on any atom is -0.485 e. The van der Waals surface area contributed by atoms with Gasteiger partial charge in [-0.3, -0.25) is 0 Å². The Balaban J connectivity index is 1.40. The number of nitrogens with two attached hydrogens (primary N) is 1. The van der Waals surface area contributed by atoms with E-state index in [1.807, 2.05) is 19.1 Å². The van der Waals surface area contributed by atoms with Gasteiger partial charge < -0.3 is 29.1 Å². The Morgan fingerprint density at radius 2 is 1.94 bits per heavy atom. The van der Waals surface area contributed by atoms with Gasteiger partial charge in [-0.2, -0.15) is 5.26 Å². The molecule has 3 aromatic rings. The number of nitriles is 1. The number of para-hydroxylation sites is 2. The number of ether oxygens (including phenoxy) is 4. The van der Waals surface area contributed by atoms with E-state index in [9.17, 15) is 10.1 Å². The SMILES string of the molecule is Cc1ccc(C2C(C#N)=C(N)Oc3cc(OC(=O)C4COc5ccccc5O4)ccc32)o1. The molecular formula is C24H18N2O6. The molecule has 8 nitrogen and oxygen atoms in total. The molecule has 2 atom stereocenters. The zero-order valence-corrected chi connectivity index (χ0v) is 17.0. The van der Waals surface area contributed by atoms with Gasteiger partial charge in [-0.25, -0.2) is 4.79 Å². The van der Waals surface area contributed by atoms with Gasteiger partial charge in [0.2, 0.25) is 12.0 Å². The van der Waals surface area contributed by atoms with Gasteiger partial charge in [0.15, 0.2) is 11.5 Å². The van der Waals surface area contributed by atoms with E-state index < -0.39 is 18.0 Å². The number of furan rings is 1. The second kappa shape index (κ2) is 7.71. The Bertz CT molecular complexity index is 1290. The van der Waals surface area contributed by atoms with Crippen LogP contribution in [-0.2, 0) is 4.79 Å². The number of rotatable bonds is 3. The Morgan fingerprint density at radius 3 is 2.69 bits per heavy atom. The summed E-state index contributed by atoms with van der Waals surface area (Å²) < 4.78 is 28.2. The average molecular weight is 430 g/mol. The van der Waals surface area contributed by atoms with Crippen LogP contribution in [0.5, 0.6) is 23.0 Å². The summed E-state index contributed by atoms with van der Waals surface area (Å²) >= 11 is 0. The highest BCUT2D eigenvalue weighted by molar-refractivity contribution is 5.78. The predicted molar refractivity (Wildman–Crippen MR) is 111 cm³/mol. The van der Waals surface area contributed by atoms with Gasteiger partial charge in [-0.1, -0.05) is 18.2 Å². The number of allylic oxidation sites excluding steroid dienone is 1. The maximum absolute atomic E-state index is 12.6. The lowest BCUT2D eigenvalue weighted by Gasteiger charge is -2.26. The van der Waals surface area contributed by atoms with Gasteiger partial charge in [0.1, 0.15) is 41.3 Å². The van der Waals surface area contributed by atoms with Crippen molar-refractivity contribution in [1.82, 2.24) is 0 Å². The molecule has 3 heterocycles. The number of hydrogen-bond donors (Lipinski definition) is 1. The van der Waals surface area contributed by atoms with Crippen LogP contribution in [0.1, 0.15) is 23.0 Å². The van der Waals surface area contributed by atoms with E-state index >= 15 is 0 Å². The molecule has 160 valence electrons. The van der Waals surface area contributed by atoms with E-state index in [1.54, 1.807) is 42.5 Å². The molecule has 0 saturated heterocycles. The van der Waals surface area contributed by atoms with E-state index in [0.717, 1.165) is 0 Å². The Hall–Kier alpha value is -4.38. The van der Waals surface area contributed by atoms with Gasteiger partial charge in [0, 0.05) is 11.6 Å². The fourth-order valence-electron chi connectivity index (χ4n) is 3.72. The molecule has 2 N–H and O–H groups in total. The van der Waals surface area contributed by atoms with Gasteiger partial charge in [0.05, 0.1) is 5.92 Å². The number of hydrogen-bond acceptors (Lipinski definition) is 8. The number of fused-ring (bicyclic) bond motifs is 2. The topological polar surface area (TPSA) is 117 Å². The lowest BCUT2D eigenvalue weighted by Crippen LogP contribution is -2.39. The Labute approximate surface area is 183 Å². The predicted octanol–water partition coefficient (Wildman–Crippen LogP) is 3.55. The highest BCUT2D eigenvalue weighted by atomic mass is 16.6. The van der Waals surface area contributed by atoms with Crippen molar-refractivity contribution in [2.45, 2.75) is 18.9 Å². The molecule has 2 aliphatic rings. The van der Waals surface area contributed by atoms with Crippen molar-refractivity contribution in [2.75, 3.05) is 6.61 Å². The zero-order chi connectivity index (χ0) is 22.2. The van der Waals surface area contributed by atoms with Crippen LogP contribution in [0, 0.1) is 18.3 Å². The van der Waals surface area contributed by atoms with Crippen molar-refractivity contribution in [3.63, 3.8) is 0 Å². The molecule has 0 spiro atoms. The van der Waals surface area contributed by atoms with Crippen LogP contribution in [0.25, 0.3) is 0 Å². The first kappa shape index (κ1) is 19.6. The Morgan fingerprint density at radius 1 is 1.12 bits per heavy atom. The normalized spacial score (nSPS) is 18.9.